The van der Waals surface area contributed by atoms with Crippen LogP contribution in [0.4, 0.5) is 0 Å². The molecule has 2 rings (SSSR count). The highest BCUT2D eigenvalue weighted by molar-refractivity contribution is 5.79. The Morgan fingerprint density at radius 1 is 1.27 bits per heavy atom. The van der Waals surface area contributed by atoms with Crippen LogP contribution < -0.4 is 10.6 Å². The van der Waals surface area contributed by atoms with Crippen LogP contribution in [0.5, 0.6) is 0 Å². The third-order valence-electron chi connectivity index (χ3n) is 4.51. The Kier molecular flexibility index (Phi) is 7.20. The van der Waals surface area contributed by atoms with Crippen molar-refractivity contribution in [3.8, 4) is 0 Å². The summed E-state index contributed by atoms with van der Waals surface area (Å²) in [4.78, 5) is 8.62. The van der Waals surface area contributed by atoms with Crippen molar-refractivity contribution in [3.63, 3.8) is 0 Å². The van der Waals surface area contributed by atoms with Crippen LogP contribution in [0.15, 0.2) is 29.4 Å². The molecule has 0 amide bonds. The van der Waals surface area contributed by atoms with E-state index in [4.69, 9.17) is 0 Å². The number of hydrogen-bond acceptors (Lipinski definition) is 2. The van der Waals surface area contributed by atoms with Gasteiger partial charge in [-0.2, -0.15) is 0 Å². The molecule has 122 valence electrons. The largest absolute Gasteiger partial charge is 0.356 e. The van der Waals surface area contributed by atoms with Gasteiger partial charge in [-0.25, -0.2) is 0 Å². The first-order valence-corrected chi connectivity index (χ1v) is 8.62. The number of pyridine rings is 1. The molecule has 22 heavy (non-hydrogen) atoms. The summed E-state index contributed by atoms with van der Waals surface area (Å²) < 4.78 is 0. The number of nitrogens with one attached hydrogen (secondary N) is 2. The zero-order valence-electron chi connectivity index (χ0n) is 14.0. The third-order valence-corrected chi connectivity index (χ3v) is 4.51. The van der Waals surface area contributed by atoms with E-state index in [2.05, 4.69) is 33.6 Å². The van der Waals surface area contributed by atoms with Gasteiger partial charge in [0.05, 0.1) is 0 Å². The lowest BCUT2D eigenvalue weighted by atomic mass is 9.81. The number of rotatable bonds is 6. The first-order chi connectivity index (χ1) is 10.8. The Morgan fingerprint density at radius 2 is 2.14 bits per heavy atom. The van der Waals surface area contributed by atoms with Gasteiger partial charge < -0.3 is 10.6 Å². The second-order valence-corrected chi connectivity index (χ2v) is 6.42. The SMILES string of the molecule is CN=C(NCCc1ccccn1)NCCC1CCCC(C)C1. The monoisotopic (exact) mass is 302 g/mol. The molecule has 0 radical (unpaired) electrons. The summed E-state index contributed by atoms with van der Waals surface area (Å²) in [6.45, 7) is 4.26. The Morgan fingerprint density at radius 3 is 2.86 bits per heavy atom. The summed E-state index contributed by atoms with van der Waals surface area (Å²) in [5, 5.41) is 6.80. The van der Waals surface area contributed by atoms with Gasteiger partial charge in [0, 0.05) is 38.4 Å². The maximum Gasteiger partial charge on any atom is 0.190 e. The van der Waals surface area contributed by atoms with Gasteiger partial charge in [0.15, 0.2) is 5.96 Å². The Hall–Kier alpha value is -1.58. The Balaban J connectivity index is 1.61. The lowest BCUT2D eigenvalue weighted by molar-refractivity contribution is 0.270. The molecule has 0 spiro atoms. The van der Waals surface area contributed by atoms with Crippen molar-refractivity contribution < 1.29 is 0 Å². The smallest absolute Gasteiger partial charge is 0.190 e. The van der Waals surface area contributed by atoms with E-state index >= 15 is 0 Å². The highest BCUT2D eigenvalue weighted by atomic mass is 15.2. The van der Waals surface area contributed by atoms with E-state index in [9.17, 15) is 0 Å². The van der Waals surface area contributed by atoms with Gasteiger partial charge in [-0.15, -0.1) is 0 Å². The summed E-state index contributed by atoms with van der Waals surface area (Å²) >= 11 is 0. The molecule has 0 bridgehead atoms. The molecule has 2 atom stereocenters. The van der Waals surface area contributed by atoms with Crippen molar-refractivity contribution in [2.45, 2.75) is 45.4 Å². The van der Waals surface area contributed by atoms with Crippen LogP contribution in [0.3, 0.4) is 0 Å². The van der Waals surface area contributed by atoms with Gasteiger partial charge >= 0.3 is 0 Å². The van der Waals surface area contributed by atoms with Crippen LogP contribution >= 0.6 is 0 Å². The number of nitrogens with zero attached hydrogens (tertiary/aromatic N) is 2. The fraction of sp³-hybridized carbons (Fsp3) is 0.667. The number of aliphatic imine (C=N–C) groups is 1. The molecular formula is C18H30N4. The quantitative estimate of drug-likeness (QED) is 0.627. The van der Waals surface area contributed by atoms with Crippen LogP contribution in [0, 0.1) is 11.8 Å². The van der Waals surface area contributed by atoms with E-state index in [-0.39, 0.29) is 0 Å². The Bertz CT molecular complexity index is 444. The molecule has 1 aromatic rings. The zero-order chi connectivity index (χ0) is 15.6. The molecule has 0 saturated heterocycles. The molecule has 1 fully saturated rings. The molecule has 1 aliphatic rings. The highest BCUT2D eigenvalue weighted by Crippen LogP contribution is 2.30. The maximum absolute atomic E-state index is 4.33. The van der Waals surface area contributed by atoms with Crippen molar-refractivity contribution in [3.05, 3.63) is 30.1 Å². The minimum Gasteiger partial charge on any atom is -0.356 e. The molecule has 1 aliphatic carbocycles. The fourth-order valence-corrected chi connectivity index (χ4v) is 3.29. The molecule has 0 aliphatic heterocycles. The molecular weight excluding hydrogens is 272 g/mol. The van der Waals surface area contributed by atoms with Crippen LogP contribution in [0.1, 0.15) is 44.7 Å². The molecule has 1 saturated carbocycles. The van der Waals surface area contributed by atoms with E-state index in [1.165, 1.54) is 32.1 Å². The first kappa shape index (κ1) is 16.8. The van der Waals surface area contributed by atoms with Gasteiger partial charge in [-0.3, -0.25) is 9.98 Å². The molecule has 4 nitrogen and oxygen atoms in total. The van der Waals surface area contributed by atoms with Crippen LogP contribution in [0.25, 0.3) is 0 Å². The second-order valence-electron chi connectivity index (χ2n) is 6.42. The summed E-state index contributed by atoms with van der Waals surface area (Å²) in [6, 6.07) is 6.03. The number of hydrogen-bond donors (Lipinski definition) is 2. The van der Waals surface area contributed by atoms with Gasteiger partial charge in [0.1, 0.15) is 0 Å². The third kappa shape index (κ3) is 6.04. The maximum atomic E-state index is 4.33. The standard InChI is InChI=1S/C18H30N4/c1-15-6-5-7-16(14-15)9-12-21-18(19-2)22-13-10-17-8-3-4-11-20-17/h3-4,8,11,15-16H,5-7,9-10,12-14H2,1-2H3,(H2,19,21,22). The van der Waals surface area contributed by atoms with Crippen LogP contribution in [-0.2, 0) is 6.42 Å². The van der Waals surface area contributed by atoms with E-state index in [1.54, 1.807) is 0 Å². The van der Waals surface area contributed by atoms with Crippen LogP contribution in [0.2, 0.25) is 0 Å². The van der Waals surface area contributed by atoms with E-state index in [1.807, 2.05) is 25.4 Å². The number of aromatic nitrogens is 1. The van der Waals surface area contributed by atoms with Crippen molar-refractivity contribution in [1.82, 2.24) is 15.6 Å². The van der Waals surface area contributed by atoms with Gasteiger partial charge in [0.25, 0.3) is 0 Å². The first-order valence-electron chi connectivity index (χ1n) is 8.62. The van der Waals surface area contributed by atoms with Crippen molar-refractivity contribution >= 4 is 5.96 Å². The topological polar surface area (TPSA) is 49.3 Å². The predicted octanol–water partition coefficient (Wildman–Crippen LogP) is 3.01. The lowest BCUT2D eigenvalue weighted by Gasteiger charge is -2.26. The Labute approximate surface area is 134 Å². The van der Waals surface area contributed by atoms with Gasteiger partial charge in [-0.05, 0) is 36.8 Å². The summed E-state index contributed by atoms with van der Waals surface area (Å²) in [5.41, 5.74) is 1.11. The van der Waals surface area contributed by atoms with Gasteiger partial charge in [-0.1, -0.05) is 32.3 Å². The second kappa shape index (κ2) is 9.44. The molecule has 1 aromatic heterocycles. The molecule has 4 heteroatoms. The summed E-state index contributed by atoms with van der Waals surface area (Å²) in [6.07, 6.45) is 9.63. The fourth-order valence-electron chi connectivity index (χ4n) is 3.29. The van der Waals surface area contributed by atoms with Crippen molar-refractivity contribution in [2.24, 2.45) is 16.8 Å². The molecule has 0 aromatic carbocycles. The average molecular weight is 302 g/mol. The minimum absolute atomic E-state index is 0.858. The zero-order valence-corrected chi connectivity index (χ0v) is 14.0. The van der Waals surface area contributed by atoms with Gasteiger partial charge in [0.2, 0.25) is 0 Å². The number of guanidine groups is 1. The predicted molar refractivity (Wildman–Crippen MR) is 93.0 cm³/mol. The summed E-state index contributed by atoms with van der Waals surface area (Å²) in [5.74, 6) is 2.71. The van der Waals surface area contributed by atoms with Crippen molar-refractivity contribution in [1.29, 1.82) is 0 Å². The highest BCUT2D eigenvalue weighted by Gasteiger charge is 2.18. The molecule has 2 unspecified atom stereocenters. The van der Waals surface area contributed by atoms with E-state index < -0.39 is 0 Å². The average Bonchev–Trinajstić information content (AvgIpc) is 2.54. The van der Waals surface area contributed by atoms with Crippen molar-refractivity contribution in [2.75, 3.05) is 20.1 Å². The van der Waals surface area contributed by atoms with Crippen LogP contribution in [-0.4, -0.2) is 31.1 Å². The normalized spacial score (nSPS) is 22.4. The summed E-state index contributed by atoms with van der Waals surface area (Å²) in [7, 11) is 1.83. The minimum atomic E-state index is 0.858. The molecule has 2 N–H and O–H groups in total. The molecule has 1 heterocycles. The van der Waals surface area contributed by atoms with E-state index in [0.29, 0.717) is 0 Å². The van der Waals surface area contributed by atoms with E-state index in [0.717, 1.165) is 43.0 Å². The lowest BCUT2D eigenvalue weighted by Crippen LogP contribution is -2.39.